The summed E-state index contributed by atoms with van der Waals surface area (Å²) in [6, 6.07) is 0.281. The van der Waals surface area contributed by atoms with Gasteiger partial charge in [-0.25, -0.2) is 0 Å². The van der Waals surface area contributed by atoms with Gasteiger partial charge in [-0.3, -0.25) is 0 Å². The average Bonchev–Trinajstić information content (AvgIpc) is 2.50. The molecule has 2 N–H and O–H groups in total. The van der Waals surface area contributed by atoms with E-state index in [4.69, 9.17) is 5.73 Å². The van der Waals surface area contributed by atoms with Crippen LogP contribution in [0.2, 0.25) is 0 Å². The Bertz CT molecular complexity index is 302. The molecule has 4 nitrogen and oxygen atoms in total. The summed E-state index contributed by atoms with van der Waals surface area (Å²) in [5.74, 6) is 0.656. The van der Waals surface area contributed by atoms with E-state index in [1.165, 1.54) is 0 Å². The lowest BCUT2D eigenvalue weighted by atomic mass is 9.97. The van der Waals surface area contributed by atoms with Gasteiger partial charge in [0.15, 0.2) is 0 Å². The molecule has 2 unspecified atom stereocenters. The van der Waals surface area contributed by atoms with Gasteiger partial charge in [-0.1, -0.05) is 18.3 Å². The Morgan fingerprint density at radius 2 is 2.21 bits per heavy atom. The fourth-order valence-electron chi connectivity index (χ4n) is 1.97. The Morgan fingerprint density at radius 3 is 2.79 bits per heavy atom. The van der Waals surface area contributed by atoms with E-state index in [1.807, 2.05) is 6.92 Å². The third kappa shape index (κ3) is 2.04. The summed E-state index contributed by atoms with van der Waals surface area (Å²) >= 11 is 1.65. The molecular formula is C9H16N4S. The standard InChI is InChI=1S/C9H16N4S/c1-6-3-8(10)5-13(4-6)9-12-11-7(2)14-9/h6,8H,3-5,10H2,1-2H3. The highest BCUT2D eigenvalue weighted by molar-refractivity contribution is 7.15. The molecule has 0 amide bonds. The van der Waals surface area contributed by atoms with Crippen LogP contribution in [0, 0.1) is 12.8 Å². The molecule has 78 valence electrons. The van der Waals surface area contributed by atoms with Crippen LogP contribution in [0.15, 0.2) is 0 Å². The summed E-state index contributed by atoms with van der Waals surface area (Å²) in [7, 11) is 0. The fourth-order valence-corrected chi connectivity index (χ4v) is 2.68. The molecule has 2 atom stereocenters. The van der Waals surface area contributed by atoms with E-state index < -0.39 is 0 Å². The zero-order valence-electron chi connectivity index (χ0n) is 8.60. The third-order valence-electron chi connectivity index (χ3n) is 2.48. The van der Waals surface area contributed by atoms with Crippen molar-refractivity contribution in [3.63, 3.8) is 0 Å². The summed E-state index contributed by atoms with van der Waals surface area (Å²) in [4.78, 5) is 2.25. The van der Waals surface area contributed by atoms with Crippen molar-refractivity contribution < 1.29 is 0 Å². The predicted molar refractivity (Wildman–Crippen MR) is 58.6 cm³/mol. The number of nitrogens with two attached hydrogens (primary N) is 1. The molecule has 1 aromatic heterocycles. The Hall–Kier alpha value is -0.680. The van der Waals surface area contributed by atoms with Crippen LogP contribution >= 0.6 is 11.3 Å². The quantitative estimate of drug-likeness (QED) is 0.755. The summed E-state index contributed by atoms with van der Waals surface area (Å²) in [5.41, 5.74) is 5.97. The second-order valence-corrected chi connectivity index (χ2v) is 5.27. The normalized spacial score (nSPS) is 28.1. The summed E-state index contributed by atoms with van der Waals surface area (Å²) in [6.07, 6.45) is 1.12. The molecule has 0 bridgehead atoms. The summed E-state index contributed by atoms with van der Waals surface area (Å²) in [5, 5.41) is 10.2. The van der Waals surface area contributed by atoms with Crippen LogP contribution in [0.3, 0.4) is 0 Å². The van der Waals surface area contributed by atoms with E-state index >= 15 is 0 Å². The van der Waals surface area contributed by atoms with Gasteiger partial charge < -0.3 is 10.6 Å². The van der Waals surface area contributed by atoms with Crippen molar-refractivity contribution >= 4 is 16.5 Å². The van der Waals surface area contributed by atoms with Gasteiger partial charge in [-0.2, -0.15) is 0 Å². The minimum absolute atomic E-state index is 0.281. The monoisotopic (exact) mass is 212 g/mol. The molecule has 14 heavy (non-hydrogen) atoms. The minimum Gasteiger partial charge on any atom is -0.345 e. The van der Waals surface area contributed by atoms with Crippen LogP contribution in [-0.2, 0) is 0 Å². The Kier molecular flexibility index (Phi) is 2.69. The highest BCUT2D eigenvalue weighted by Gasteiger charge is 2.24. The Balaban J connectivity index is 2.10. The molecule has 0 aromatic carbocycles. The lowest BCUT2D eigenvalue weighted by Gasteiger charge is -2.34. The number of piperidine rings is 1. The van der Waals surface area contributed by atoms with Gasteiger partial charge in [0.25, 0.3) is 0 Å². The fraction of sp³-hybridized carbons (Fsp3) is 0.778. The van der Waals surface area contributed by atoms with Crippen molar-refractivity contribution in [2.75, 3.05) is 18.0 Å². The zero-order chi connectivity index (χ0) is 10.1. The number of aromatic nitrogens is 2. The second kappa shape index (κ2) is 3.82. The highest BCUT2D eigenvalue weighted by atomic mass is 32.1. The van der Waals surface area contributed by atoms with Gasteiger partial charge in [0, 0.05) is 19.1 Å². The van der Waals surface area contributed by atoms with Crippen molar-refractivity contribution in [3.05, 3.63) is 5.01 Å². The summed E-state index contributed by atoms with van der Waals surface area (Å²) < 4.78 is 0. The zero-order valence-corrected chi connectivity index (χ0v) is 9.42. The van der Waals surface area contributed by atoms with Crippen LogP contribution in [0.1, 0.15) is 18.4 Å². The molecular weight excluding hydrogens is 196 g/mol. The molecule has 0 radical (unpaired) electrons. The molecule has 2 rings (SSSR count). The Labute approximate surface area is 88.1 Å². The van der Waals surface area contributed by atoms with Gasteiger partial charge in [0.2, 0.25) is 5.13 Å². The molecule has 1 saturated heterocycles. The molecule has 1 aliphatic heterocycles. The second-order valence-electron chi connectivity index (χ2n) is 4.11. The van der Waals surface area contributed by atoms with Crippen LogP contribution in [-0.4, -0.2) is 29.3 Å². The molecule has 0 spiro atoms. The van der Waals surface area contributed by atoms with E-state index in [0.717, 1.165) is 29.6 Å². The number of anilines is 1. The number of aryl methyl sites for hydroxylation is 1. The number of hydrogen-bond acceptors (Lipinski definition) is 5. The van der Waals surface area contributed by atoms with Gasteiger partial charge in [-0.05, 0) is 19.3 Å². The first-order valence-electron chi connectivity index (χ1n) is 4.96. The first-order valence-corrected chi connectivity index (χ1v) is 5.77. The predicted octanol–water partition coefficient (Wildman–Crippen LogP) is 1.02. The SMILES string of the molecule is Cc1nnc(N2CC(C)CC(N)C2)s1. The van der Waals surface area contributed by atoms with E-state index in [0.29, 0.717) is 5.92 Å². The van der Waals surface area contributed by atoms with Crippen molar-refractivity contribution in [1.82, 2.24) is 10.2 Å². The molecule has 0 aliphatic carbocycles. The maximum Gasteiger partial charge on any atom is 0.208 e. The minimum atomic E-state index is 0.281. The molecule has 0 saturated carbocycles. The number of rotatable bonds is 1. The summed E-state index contributed by atoms with van der Waals surface area (Å²) in [6.45, 7) is 6.19. The van der Waals surface area contributed by atoms with Crippen molar-refractivity contribution in [1.29, 1.82) is 0 Å². The van der Waals surface area contributed by atoms with Crippen LogP contribution < -0.4 is 10.6 Å². The van der Waals surface area contributed by atoms with Crippen molar-refractivity contribution in [3.8, 4) is 0 Å². The first kappa shape index (κ1) is 9.86. The van der Waals surface area contributed by atoms with E-state index in [9.17, 15) is 0 Å². The van der Waals surface area contributed by atoms with Crippen molar-refractivity contribution in [2.45, 2.75) is 26.3 Å². The van der Waals surface area contributed by atoms with Crippen LogP contribution in [0.25, 0.3) is 0 Å². The molecule has 1 fully saturated rings. The smallest absolute Gasteiger partial charge is 0.208 e. The topological polar surface area (TPSA) is 55.0 Å². The molecule has 1 aromatic rings. The van der Waals surface area contributed by atoms with Gasteiger partial charge in [0.1, 0.15) is 5.01 Å². The molecule has 5 heteroatoms. The first-order chi connectivity index (χ1) is 6.65. The number of nitrogens with zero attached hydrogens (tertiary/aromatic N) is 3. The van der Waals surface area contributed by atoms with Crippen LogP contribution in [0.4, 0.5) is 5.13 Å². The van der Waals surface area contributed by atoms with Gasteiger partial charge in [0.05, 0.1) is 0 Å². The highest BCUT2D eigenvalue weighted by Crippen LogP contribution is 2.24. The van der Waals surface area contributed by atoms with E-state index in [2.05, 4.69) is 22.0 Å². The van der Waals surface area contributed by atoms with Crippen molar-refractivity contribution in [2.24, 2.45) is 11.7 Å². The maximum absolute atomic E-state index is 5.97. The lowest BCUT2D eigenvalue weighted by Crippen LogP contribution is -2.46. The largest absolute Gasteiger partial charge is 0.345 e. The van der Waals surface area contributed by atoms with Gasteiger partial charge in [-0.15, -0.1) is 10.2 Å². The lowest BCUT2D eigenvalue weighted by molar-refractivity contribution is 0.401. The van der Waals surface area contributed by atoms with Gasteiger partial charge >= 0.3 is 0 Å². The maximum atomic E-state index is 5.97. The van der Waals surface area contributed by atoms with E-state index in [-0.39, 0.29) is 6.04 Å². The third-order valence-corrected chi connectivity index (χ3v) is 3.38. The van der Waals surface area contributed by atoms with E-state index in [1.54, 1.807) is 11.3 Å². The molecule has 2 heterocycles. The average molecular weight is 212 g/mol. The number of hydrogen-bond donors (Lipinski definition) is 1. The Morgan fingerprint density at radius 1 is 1.43 bits per heavy atom. The van der Waals surface area contributed by atoms with Crippen LogP contribution in [0.5, 0.6) is 0 Å². The molecule has 1 aliphatic rings.